The number of carbonyl (C=O) groups is 1. The molecule has 0 fully saturated rings. The van der Waals surface area contributed by atoms with Gasteiger partial charge in [-0.2, -0.15) is 5.10 Å². The lowest BCUT2D eigenvalue weighted by Crippen LogP contribution is -2.30. The van der Waals surface area contributed by atoms with Gasteiger partial charge in [-0.3, -0.25) is 9.59 Å². The normalized spacial score (nSPS) is 10.5. The summed E-state index contributed by atoms with van der Waals surface area (Å²) in [4.78, 5) is 25.7. The molecule has 6 heteroatoms. The van der Waals surface area contributed by atoms with E-state index in [4.69, 9.17) is 0 Å². The maximum Gasteiger partial charge on any atom is 0.274 e. The van der Waals surface area contributed by atoms with E-state index in [1.807, 2.05) is 31.2 Å². The van der Waals surface area contributed by atoms with Crippen molar-refractivity contribution < 1.29 is 4.79 Å². The molecule has 0 atom stereocenters. The molecule has 2 rings (SSSR count). The van der Waals surface area contributed by atoms with Gasteiger partial charge in [-0.25, -0.2) is 4.68 Å². The third-order valence-electron chi connectivity index (χ3n) is 3.20. The van der Waals surface area contributed by atoms with Crippen LogP contribution < -0.4 is 5.56 Å². The van der Waals surface area contributed by atoms with Crippen molar-refractivity contribution in [3.63, 3.8) is 0 Å². The van der Waals surface area contributed by atoms with Gasteiger partial charge in [0.05, 0.1) is 0 Å². The molecule has 5 nitrogen and oxygen atoms in total. The number of carbonyl (C=O) groups excluding carboxylic acids is 1. The fourth-order valence-corrected chi connectivity index (χ4v) is 2.33. The van der Waals surface area contributed by atoms with Gasteiger partial charge in [0.25, 0.3) is 11.5 Å². The smallest absolute Gasteiger partial charge is 0.274 e. The van der Waals surface area contributed by atoms with Crippen LogP contribution in [0.4, 0.5) is 0 Å². The minimum absolute atomic E-state index is 0.186. The summed E-state index contributed by atoms with van der Waals surface area (Å²) in [6.45, 7) is 2.96. The summed E-state index contributed by atoms with van der Waals surface area (Å²) < 4.78 is 2.33. The van der Waals surface area contributed by atoms with Crippen molar-refractivity contribution in [3.8, 4) is 0 Å². The first-order valence-corrected chi connectivity index (χ1v) is 7.88. The number of benzene rings is 1. The van der Waals surface area contributed by atoms with Gasteiger partial charge in [-0.15, -0.1) is 0 Å². The van der Waals surface area contributed by atoms with E-state index in [0.29, 0.717) is 13.1 Å². The van der Waals surface area contributed by atoms with Crippen LogP contribution in [0.25, 0.3) is 0 Å². The fraction of sp³-hybridized carbons (Fsp3) is 0.312. The summed E-state index contributed by atoms with van der Waals surface area (Å²) >= 11 is 3.38. The van der Waals surface area contributed by atoms with Crippen LogP contribution in [0.1, 0.15) is 29.4 Å². The van der Waals surface area contributed by atoms with Gasteiger partial charge < -0.3 is 4.90 Å². The quantitative estimate of drug-likeness (QED) is 0.820. The topological polar surface area (TPSA) is 55.2 Å². The molecule has 0 aliphatic heterocycles. The number of amides is 1. The molecule has 2 aromatic rings. The lowest BCUT2D eigenvalue weighted by molar-refractivity contribution is 0.0776. The Morgan fingerprint density at radius 2 is 1.91 bits per heavy atom. The highest BCUT2D eigenvalue weighted by molar-refractivity contribution is 9.10. The van der Waals surface area contributed by atoms with E-state index in [0.717, 1.165) is 16.5 Å². The average molecular weight is 364 g/mol. The SMILES string of the molecule is CCCn1nc(C(=O)N(C)Cc2ccc(Br)cc2)ccc1=O. The molecule has 0 unspecified atom stereocenters. The predicted octanol–water partition coefficient (Wildman–Crippen LogP) is 2.69. The minimum Gasteiger partial charge on any atom is -0.336 e. The Morgan fingerprint density at radius 1 is 1.23 bits per heavy atom. The molecule has 0 aliphatic carbocycles. The molecule has 0 bridgehead atoms. The number of aryl methyl sites for hydroxylation is 1. The highest BCUT2D eigenvalue weighted by Gasteiger charge is 2.15. The van der Waals surface area contributed by atoms with Gasteiger partial charge in [0.15, 0.2) is 0 Å². The van der Waals surface area contributed by atoms with E-state index in [-0.39, 0.29) is 17.2 Å². The standard InChI is InChI=1S/C16H18BrN3O2/c1-3-10-20-15(21)9-8-14(18-20)16(22)19(2)11-12-4-6-13(17)7-5-12/h4-9H,3,10-11H2,1-2H3. The third-order valence-corrected chi connectivity index (χ3v) is 3.73. The zero-order valence-electron chi connectivity index (χ0n) is 12.6. The van der Waals surface area contributed by atoms with Gasteiger partial charge in [0.1, 0.15) is 5.69 Å². The molecule has 0 spiro atoms. The largest absolute Gasteiger partial charge is 0.336 e. The maximum absolute atomic E-state index is 12.4. The van der Waals surface area contributed by atoms with Gasteiger partial charge in [-0.05, 0) is 30.2 Å². The molecule has 0 saturated heterocycles. The monoisotopic (exact) mass is 363 g/mol. The van der Waals surface area contributed by atoms with Crippen molar-refractivity contribution in [1.82, 2.24) is 14.7 Å². The zero-order chi connectivity index (χ0) is 16.1. The molecule has 0 saturated carbocycles. The molecule has 0 aliphatic rings. The van der Waals surface area contributed by atoms with Crippen LogP contribution in [-0.2, 0) is 13.1 Å². The average Bonchev–Trinajstić information content (AvgIpc) is 2.51. The Balaban J connectivity index is 2.14. The summed E-state index contributed by atoms with van der Waals surface area (Å²) in [7, 11) is 1.72. The minimum atomic E-state index is -0.201. The molecule has 22 heavy (non-hydrogen) atoms. The lowest BCUT2D eigenvalue weighted by atomic mass is 10.2. The number of hydrogen-bond donors (Lipinski definition) is 0. The van der Waals surface area contributed by atoms with Crippen LogP contribution in [-0.4, -0.2) is 27.6 Å². The van der Waals surface area contributed by atoms with Crippen LogP contribution in [0.3, 0.4) is 0 Å². The van der Waals surface area contributed by atoms with Crippen LogP contribution in [0.5, 0.6) is 0 Å². The van der Waals surface area contributed by atoms with E-state index < -0.39 is 0 Å². The highest BCUT2D eigenvalue weighted by Crippen LogP contribution is 2.12. The van der Waals surface area contributed by atoms with Gasteiger partial charge in [0, 0.05) is 30.7 Å². The summed E-state index contributed by atoms with van der Waals surface area (Å²) in [5.74, 6) is -0.201. The van der Waals surface area contributed by atoms with Crippen molar-refractivity contribution in [1.29, 1.82) is 0 Å². The van der Waals surface area contributed by atoms with Crippen LogP contribution in [0.2, 0.25) is 0 Å². The van der Waals surface area contributed by atoms with Crippen LogP contribution >= 0.6 is 15.9 Å². The number of rotatable bonds is 5. The fourth-order valence-electron chi connectivity index (χ4n) is 2.07. The van der Waals surface area contributed by atoms with Gasteiger partial charge >= 0.3 is 0 Å². The Bertz CT molecular complexity index is 710. The van der Waals surface area contributed by atoms with Crippen molar-refractivity contribution >= 4 is 21.8 Å². The van der Waals surface area contributed by atoms with Crippen LogP contribution in [0, 0.1) is 0 Å². The van der Waals surface area contributed by atoms with Crippen molar-refractivity contribution in [2.45, 2.75) is 26.4 Å². The third kappa shape index (κ3) is 4.04. The van der Waals surface area contributed by atoms with Gasteiger partial charge in [-0.1, -0.05) is 35.0 Å². The van der Waals surface area contributed by atoms with E-state index in [2.05, 4.69) is 21.0 Å². The van der Waals surface area contributed by atoms with Crippen molar-refractivity contribution in [2.24, 2.45) is 0 Å². The Labute approximate surface area is 137 Å². The van der Waals surface area contributed by atoms with Gasteiger partial charge in [0.2, 0.25) is 0 Å². The van der Waals surface area contributed by atoms with Crippen LogP contribution in [0.15, 0.2) is 45.7 Å². The molecular weight excluding hydrogens is 346 g/mol. The number of aromatic nitrogens is 2. The summed E-state index contributed by atoms with van der Waals surface area (Å²) in [6.07, 6.45) is 0.791. The summed E-state index contributed by atoms with van der Waals surface area (Å²) in [5.41, 5.74) is 1.13. The Kier molecular flexibility index (Phi) is 5.49. The number of hydrogen-bond acceptors (Lipinski definition) is 3. The second-order valence-electron chi connectivity index (χ2n) is 5.07. The maximum atomic E-state index is 12.4. The first kappa shape index (κ1) is 16.4. The summed E-state index contributed by atoms with van der Waals surface area (Å²) in [5, 5.41) is 4.14. The summed E-state index contributed by atoms with van der Waals surface area (Å²) in [6, 6.07) is 10.7. The van der Waals surface area contributed by atoms with E-state index in [1.54, 1.807) is 11.9 Å². The predicted molar refractivity (Wildman–Crippen MR) is 88.7 cm³/mol. The second-order valence-corrected chi connectivity index (χ2v) is 5.98. The first-order chi connectivity index (χ1) is 10.5. The molecule has 1 aromatic heterocycles. The lowest BCUT2D eigenvalue weighted by Gasteiger charge is -2.17. The highest BCUT2D eigenvalue weighted by atomic mass is 79.9. The Hall–Kier alpha value is -1.95. The molecule has 0 radical (unpaired) electrons. The molecule has 0 N–H and O–H groups in total. The number of halogens is 1. The molecule has 1 aromatic carbocycles. The molecular formula is C16H18BrN3O2. The molecule has 1 heterocycles. The van der Waals surface area contributed by atoms with Crippen molar-refractivity contribution in [2.75, 3.05) is 7.05 Å². The zero-order valence-corrected chi connectivity index (χ0v) is 14.2. The van der Waals surface area contributed by atoms with E-state index >= 15 is 0 Å². The number of nitrogens with zero attached hydrogens (tertiary/aromatic N) is 3. The molecule has 1 amide bonds. The van der Waals surface area contributed by atoms with Crippen molar-refractivity contribution in [3.05, 3.63) is 62.5 Å². The Morgan fingerprint density at radius 3 is 2.55 bits per heavy atom. The van der Waals surface area contributed by atoms with E-state index in [1.165, 1.54) is 16.8 Å². The molecule has 116 valence electrons. The first-order valence-electron chi connectivity index (χ1n) is 7.09. The van der Waals surface area contributed by atoms with E-state index in [9.17, 15) is 9.59 Å². The second kappa shape index (κ2) is 7.35.